The van der Waals surface area contributed by atoms with Crippen LogP contribution in [0.25, 0.3) is 5.76 Å². The Morgan fingerprint density at radius 1 is 1.03 bits per heavy atom. The number of aryl methyl sites for hydroxylation is 1. The van der Waals surface area contributed by atoms with E-state index in [1.54, 1.807) is 32.2 Å². The quantitative estimate of drug-likeness (QED) is 0.194. The molecule has 0 radical (unpaired) electrons. The number of Topliss-reactive ketones (excluding diaryl/α,β-unsaturated/α-hetero) is 1. The normalized spacial score (nSPS) is 17.0. The van der Waals surface area contributed by atoms with Crippen LogP contribution in [0.1, 0.15) is 34.7 Å². The first-order valence-electron chi connectivity index (χ1n) is 11.7. The summed E-state index contributed by atoms with van der Waals surface area (Å²) in [6, 6.07) is 19.7. The number of methoxy groups -OCH3 is 1. The molecule has 186 valence electrons. The molecule has 1 heterocycles. The fourth-order valence-corrected chi connectivity index (χ4v) is 4.36. The minimum atomic E-state index is -0.837. The molecule has 1 amide bonds. The highest BCUT2D eigenvalue weighted by atomic mass is 19.1. The molecule has 36 heavy (non-hydrogen) atoms. The van der Waals surface area contributed by atoms with E-state index < -0.39 is 23.5 Å². The summed E-state index contributed by atoms with van der Waals surface area (Å²) in [5.41, 5.74) is 2.64. The summed E-state index contributed by atoms with van der Waals surface area (Å²) in [4.78, 5) is 27.5. The number of aliphatic hydroxyl groups excluding tert-OH is 1. The standard InChI is InChI=1S/C29H28FNO5/c1-19-17-23(36-18-20-7-4-3-5-8-20)13-14-24(19)27(32)25-26(21-9-11-22(30)12-10-21)31(15-6-16-35-2)29(34)28(25)33/h3-5,7-14,17,26,32H,6,15-16,18H2,1-2H3/t26-/m1/s1. The van der Waals surface area contributed by atoms with E-state index in [-0.39, 0.29) is 17.9 Å². The molecule has 0 aliphatic carbocycles. The third kappa shape index (κ3) is 5.31. The summed E-state index contributed by atoms with van der Waals surface area (Å²) in [6.45, 7) is 2.85. The number of halogens is 1. The largest absolute Gasteiger partial charge is 0.507 e. The van der Waals surface area contributed by atoms with Crippen LogP contribution in [-0.2, 0) is 20.9 Å². The summed E-state index contributed by atoms with van der Waals surface area (Å²) in [5, 5.41) is 11.3. The van der Waals surface area contributed by atoms with Gasteiger partial charge in [-0.2, -0.15) is 0 Å². The lowest BCUT2D eigenvalue weighted by Crippen LogP contribution is -2.31. The number of rotatable bonds is 9. The van der Waals surface area contributed by atoms with Crippen molar-refractivity contribution in [2.75, 3.05) is 20.3 Å². The number of hydrogen-bond acceptors (Lipinski definition) is 5. The molecular formula is C29H28FNO5. The molecule has 3 aromatic rings. The first-order chi connectivity index (χ1) is 17.4. The minimum absolute atomic E-state index is 0.0231. The zero-order valence-electron chi connectivity index (χ0n) is 20.2. The van der Waals surface area contributed by atoms with Crippen molar-refractivity contribution in [1.29, 1.82) is 0 Å². The van der Waals surface area contributed by atoms with Crippen molar-refractivity contribution in [3.8, 4) is 5.75 Å². The smallest absolute Gasteiger partial charge is 0.295 e. The number of amides is 1. The Morgan fingerprint density at radius 3 is 2.42 bits per heavy atom. The van der Waals surface area contributed by atoms with Gasteiger partial charge < -0.3 is 19.5 Å². The van der Waals surface area contributed by atoms with Gasteiger partial charge in [0.2, 0.25) is 0 Å². The Morgan fingerprint density at radius 2 is 1.75 bits per heavy atom. The maximum atomic E-state index is 13.6. The highest BCUT2D eigenvalue weighted by Gasteiger charge is 2.45. The molecule has 1 aliphatic rings. The molecular weight excluding hydrogens is 461 g/mol. The van der Waals surface area contributed by atoms with Crippen LogP contribution in [0.5, 0.6) is 5.75 Å². The number of ketones is 1. The summed E-state index contributed by atoms with van der Waals surface area (Å²) >= 11 is 0. The second-order valence-corrected chi connectivity index (χ2v) is 8.64. The molecule has 0 aromatic heterocycles. The lowest BCUT2D eigenvalue weighted by molar-refractivity contribution is -0.140. The number of carbonyl (C=O) groups is 2. The predicted octanol–water partition coefficient (Wildman–Crippen LogP) is 5.17. The molecule has 3 aromatic carbocycles. The first-order valence-corrected chi connectivity index (χ1v) is 11.7. The van der Waals surface area contributed by atoms with Gasteiger partial charge in [-0.3, -0.25) is 9.59 Å². The van der Waals surface area contributed by atoms with Gasteiger partial charge in [0.1, 0.15) is 23.9 Å². The van der Waals surface area contributed by atoms with Crippen molar-refractivity contribution in [3.63, 3.8) is 0 Å². The third-order valence-electron chi connectivity index (χ3n) is 6.17. The van der Waals surface area contributed by atoms with Crippen molar-refractivity contribution < 1.29 is 28.6 Å². The average Bonchev–Trinajstić information content (AvgIpc) is 3.13. The topological polar surface area (TPSA) is 76.1 Å². The van der Waals surface area contributed by atoms with Crippen LogP contribution in [-0.4, -0.2) is 42.0 Å². The summed E-state index contributed by atoms with van der Waals surface area (Å²) in [6.07, 6.45) is 0.508. The van der Waals surface area contributed by atoms with Crippen molar-refractivity contribution in [1.82, 2.24) is 4.90 Å². The van der Waals surface area contributed by atoms with Crippen LogP contribution in [0, 0.1) is 12.7 Å². The van der Waals surface area contributed by atoms with E-state index in [0.717, 1.165) is 5.56 Å². The van der Waals surface area contributed by atoms with E-state index in [2.05, 4.69) is 0 Å². The molecule has 0 spiro atoms. The lowest BCUT2D eigenvalue weighted by Gasteiger charge is -2.25. The Balaban J connectivity index is 1.68. The van der Waals surface area contributed by atoms with Crippen molar-refractivity contribution >= 4 is 17.4 Å². The van der Waals surface area contributed by atoms with Crippen LogP contribution >= 0.6 is 0 Å². The number of carbonyl (C=O) groups excluding carboxylic acids is 2. The molecule has 0 bridgehead atoms. The van der Waals surface area contributed by atoms with Crippen LogP contribution in [0.2, 0.25) is 0 Å². The predicted molar refractivity (Wildman–Crippen MR) is 134 cm³/mol. The van der Waals surface area contributed by atoms with Crippen molar-refractivity contribution in [2.45, 2.75) is 26.0 Å². The van der Waals surface area contributed by atoms with Crippen LogP contribution < -0.4 is 4.74 Å². The maximum absolute atomic E-state index is 13.6. The van der Waals surface area contributed by atoms with E-state index in [9.17, 15) is 19.1 Å². The summed E-state index contributed by atoms with van der Waals surface area (Å²) in [5.74, 6) is -1.57. The molecule has 7 heteroatoms. The Bertz CT molecular complexity index is 1270. The second-order valence-electron chi connectivity index (χ2n) is 8.64. The van der Waals surface area contributed by atoms with Gasteiger partial charge in [0.15, 0.2) is 0 Å². The van der Waals surface area contributed by atoms with Crippen LogP contribution in [0.4, 0.5) is 4.39 Å². The lowest BCUT2D eigenvalue weighted by atomic mass is 9.94. The number of nitrogens with zero attached hydrogens (tertiary/aromatic N) is 1. The van der Waals surface area contributed by atoms with Gasteiger partial charge in [-0.25, -0.2) is 4.39 Å². The van der Waals surface area contributed by atoms with Gasteiger partial charge in [-0.15, -0.1) is 0 Å². The zero-order valence-corrected chi connectivity index (χ0v) is 20.2. The maximum Gasteiger partial charge on any atom is 0.295 e. The molecule has 0 saturated carbocycles. The fourth-order valence-electron chi connectivity index (χ4n) is 4.36. The van der Waals surface area contributed by atoms with Gasteiger partial charge in [0, 0.05) is 25.8 Å². The van der Waals surface area contributed by atoms with Crippen molar-refractivity contribution in [3.05, 3.63) is 106 Å². The van der Waals surface area contributed by atoms with E-state index in [1.165, 1.54) is 29.2 Å². The number of hydrogen-bond donors (Lipinski definition) is 1. The van der Waals surface area contributed by atoms with Crippen LogP contribution in [0.15, 0.2) is 78.4 Å². The highest BCUT2D eigenvalue weighted by Crippen LogP contribution is 2.40. The highest BCUT2D eigenvalue weighted by molar-refractivity contribution is 6.46. The molecule has 6 nitrogen and oxygen atoms in total. The minimum Gasteiger partial charge on any atom is -0.507 e. The Labute approximate surface area is 209 Å². The van der Waals surface area contributed by atoms with Gasteiger partial charge in [0.25, 0.3) is 11.7 Å². The van der Waals surface area contributed by atoms with E-state index in [1.807, 2.05) is 30.3 Å². The molecule has 1 fully saturated rings. The summed E-state index contributed by atoms with van der Waals surface area (Å²) < 4.78 is 24.6. The monoisotopic (exact) mass is 489 g/mol. The molecule has 1 saturated heterocycles. The third-order valence-corrected chi connectivity index (χ3v) is 6.17. The van der Waals surface area contributed by atoms with Crippen LogP contribution in [0.3, 0.4) is 0 Å². The zero-order chi connectivity index (χ0) is 25.7. The van der Waals surface area contributed by atoms with E-state index in [0.29, 0.717) is 42.1 Å². The molecule has 1 atom stereocenters. The number of benzene rings is 3. The Hall–Kier alpha value is -3.97. The van der Waals surface area contributed by atoms with Gasteiger partial charge in [-0.05, 0) is 60.4 Å². The average molecular weight is 490 g/mol. The van der Waals surface area contributed by atoms with Gasteiger partial charge >= 0.3 is 0 Å². The van der Waals surface area contributed by atoms with E-state index >= 15 is 0 Å². The van der Waals surface area contributed by atoms with E-state index in [4.69, 9.17) is 9.47 Å². The first kappa shape index (κ1) is 25.1. The van der Waals surface area contributed by atoms with Gasteiger partial charge in [-0.1, -0.05) is 42.5 Å². The van der Waals surface area contributed by atoms with Crippen molar-refractivity contribution in [2.24, 2.45) is 0 Å². The second kappa shape index (κ2) is 11.2. The fraction of sp³-hybridized carbons (Fsp3) is 0.241. The SMILES string of the molecule is COCCCN1C(=O)C(=O)C(=C(O)c2ccc(OCc3ccccc3)cc2C)[C@H]1c1ccc(F)cc1. The number of aliphatic hydroxyl groups is 1. The van der Waals surface area contributed by atoms with Gasteiger partial charge in [0.05, 0.1) is 11.6 Å². The number of ether oxygens (including phenoxy) is 2. The Kier molecular flexibility index (Phi) is 7.80. The summed E-state index contributed by atoms with van der Waals surface area (Å²) in [7, 11) is 1.56. The molecule has 4 rings (SSSR count). The molecule has 1 aliphatic heterocycles. The molecule has 0 unspecified atom stereocenters. The molecule has 1 N–H and O–H groups in total. The number of likely N-dealkylation sites (tertiary alicyclic amines) is 1.